The summed E-state index contributed by atoms with van der Waals surface area (Å²) < 4.78 is 1.04. The lowest BCUT2D eigenvalue weighted by Gasteiger charge is -2.34. The van der Waals surface area contributed by atoms with Gasteiger partial charge in [0.25, 0.3) is 0 Å². The van der Waals surface area contributed by atoms with E-state index in [1.807, 2.05) is 13.0 Å². The lowest BCUT2D eigenvalue weighted by atomic mass is 9.98. The second-order valence-corrected chi connectivity index (χ2v) is 5.65. The molecule has 0 spiro atoms. The molecule has 0 radical (unpaired) electrons. The molecule has 94 valence electrons. The summed E-state index contributed by atoms with van der Waals surface area (Å²) in [6.07, 6.45) is 2.26. The SMILES string of the molecule is Cc1cc(N2CCCC(CO)C2)c(Br)cc1N. The molecule has 3 N–H and O–H groups in total. The molecule has 2 rings (SSSR count). The number of nitrogens with two attached hydrogens (primary N) is 1. The number of aliphatic hydroxyl groups is 1. The average Bonchev–Trinajstić information content (AvgIpc) is 2.34. The number of piperidine rings is 1. The van der Waals surface area contributed by atoms with Crippen molar-refractivity contribution in [2.24, 2.45) is 5.92 Å². The molecule has 0 bridgehead atoms. The van der Waals surface area contributed by atoms with Crippen LogP contribution in [-0.2, 0) is 0 Å². The van der Waals surface area contributed by atoms with Gasteiger partial charge in [-0.15, -0.1) is 0 Å². The summed E-state index contributed by atoms with van der Waals surface area (Å²) in [5.74, 6) is 0.397. The van der Waals surface area contributed by atoms with E-state index in [4.69, 9.17) is 5.73 Å². The van der Waals surface area contributed by atoms with E-state index in [-0.39, 0.29) is 6.61 Å². The van der Waals surface area contributed by atoms with Crippen LogP contribution >= 0.6 is 15.9 Å². The van der Waals surface area contributed by atoms with Gasteiger partial charge in [0.15, 0.2) is 0 Å². The van der Waals surface area contributed by atoms with Crippen molar-refractivity contribution in [1.29, 1.82) is 0 Å². The zero-order valence-electron chi connectivity index (χ0n) is 10.1. The Balaban J connectivity index is 2.24. The van der Waals surface area contributed by atoms with Crippen LogP contribution < -0.4 is 10.6 Å². The van der Waals surface area contributed by atoms with Crippen molar-refractivity contribution < 1.29 is 5.11 Å². The molecule has 1 saturated heterocycles. The number of hydrogen-bond acceptors (Lipinski definition) is 3. The summed E-state index contributed by atoms with van der Waals surface area (Å²) in [7, 11) is 0. The van der Waals surface area contributed by atoms with Crippen LogP contribution in [0.3, 0.4) is 0 Å². The van der Waals surface area contributed by atoms with E-state index < -0.39 is 0 Å². The molecule has 1 heterocycles. The number of halogens is 1. The van der Waals surface area contributed by atoms with Crippen molar-refractivity contribution >= 4 is 27.3 Å². The Morgan fingerprint density at radius 3 is 3.00 bits per heavy atom. The minimum Gasteiger partial charge on any atom is -0.398 e. The van der Waals surface area contributed by atoms with Gasteiger partial charge in [-0.1, -0.05) is 0 Å². The minimum absolute atomic E-state index is 0.280. The van der Waals surface area contributed by atoms with Gasteiger partial charge in [-0.05, 0) is 59.3 Å². The molecular formula is C13H19BrN2O. The van der Waals surface area contributed by atoms with E-state index in [1.165, 1.54) is 5.69 Å². The third kappa shape index (κ3) is 2.75. The highest BCUT2D eigenvalue weighted by atomic mass is 79.9. The smallest absolute Gasteiger partial charge is 0.0514 e. The molecule has 1 aliphatic rings. The Labute approximate surface area is 111 Å². The normalized spacial score (nSPS) is 20.6. The number of anilines is 2. The largest absolute Gasteiger partial charge is 0.398 e. The Morgan fingerprint density at radius 2 is 2.29 bits per heavy atom. The first-order valence-corrected chi connectivity index (χ1v) is 6.82. The average molecular weight is 299 g/mol. The Morgan fingerprint density at radius 1 is 1.53 bits per heavy atom. The van der Waals surface area contributed by atoms with Gasteiger partial charge in [0.05, 0.1) is 5.69 Å². The first-order valence-electron chi connectivity index (χ1n) is 6.03. The van der Waals surface area contributed by atoms with Crippen LogP contribution in [-0.4, -0.2) is 24.8 Å². The highest BCUT2D eigenvalue weighted by molar-refractivity contribution is 9.10. The fraction of sp³-hybridized carbons (Fsp3) is 0.538. The molecular weight excluding hydrogens is 280 g/mol. The molecule has 1 atom stereocenters. The third-order valence-corrected chi connectivity index (χ3v) is 4.09. The van der Waals surface area contributed by atoms with Crippen LogP contribution in [0.1, 0.15) is 18.4 Å². The number of hydrogen-bond donors (Lipinski definition) is 2. The van der Waals surface area contributed by atoms with Gasteiger partial charge in [-0.25, -0.2) is 0 Å². The van der Waals surface area contributed by atoms with Gasteiger partial charge in [-0.3, -0.25) is 0 Å². The van der Waals surface area contributed by atoms with Crippen molar-refractivity contribution in [3.05, 3.63) is 22.2 Å². The highest BCUT2D eigenvalue weighted by Gasteiger charge is 2.21. The summed E-state index contributed by atoms with van der Waals surface area (Å²) >= 11 is 3.57. The molecule has 1 fully saturated rings. The number of aliphatic hydroxyl groups excluding tert-OH is 1. The van der Waals surface area contributed by atoms with E-state index in [0.717, 1.165) is 41.7 Å². The van der Waals surface area contributed by atoms with Gasteiger partial charge in [0, 0.05) is 29.9 Å². The fourth-order valence-corrected chi connectivity index (χ4v) is 2.97. The zero-order valence-corrected chi connectivity index (χ0v) is 11.7. The topological polar surface area (TPSA) is 49.5 Å². The molecule has 4 heteroatoms. The molecule has 1 unspecified atom stereocenters. The third-order valence-electron chi connectivity index (χ3n) is 3.45. The standard InChI is InChI=1S/C13H19BrN2O/c1-9-5-13(11(14)6-12(9)15)16-4-2-3-10(7-16)8-17/h5-6,10,17H,2-4,7-8,15H2,1H3. The Bertz CT molecular complexity index is 409. The molecule has 0 saturated carbocycles. The van der Waals surface area contributed by atoms with Crippen LogP contribution in [0.5, 0.6) is 0 Å². The number of aryl methyl sites for hydroxylation is 1. The molecule has 0 amide bonds. The van der Waals surface area contributed by atoms with Crippen LogP contribution in [0, 0.1) is 12.8 Å². The Hall–Kier alpha value is -0.740. The van der Waals surface area contributed by atoms with Crippen molar-refractivity contribution in [3.8, 4) is 0 Å². The van der Waals surface area contributed by atoms with Crippen LogP contribution in [0.2, 0.25) is 0 Å². The monoisotopic (exact) mass is 298 g/mol. The van der Waals surface area contributed by atoms with E-state index in [2.05, 4.69) is 26.9 Å². The lowest BCUT2D eigenvalue weighted by Crippen LogP contribution is -2.37. The van der Waals surface area contributed by atoms with E-state index in [1.54, 1.807) is 0 Å². The van der Waals surface area contributed by atoms with Crippen LogP contribution in [0.15, 0.2) is 16.6 Å². The fourth-order valence-electron chi connectivity index (χ4n) is 2.36. The van der Waals surface area contributed by atoms with Crippen molar-refractivity contribution in [2.45, 2.75) is 19.8 Å². The first kappa shape index (κ1) is 12.7. The minimum atomic E-state index is 0.280. The molecule has 3 nitrogen and oxygen atoms in total. The molecule has 0 aromatic heterocycles. The predicted molar refractivity (Wildman–Crippen MR) is 75.3 cm³/mol. The highest BCUT2D eigenvalue weighted by Crippen LogP contribution is 2.33. The van der Waals surface area contributed by atoms with Gasteiger partial charge in [0.2, 0.25) is 0 Å². The maximum absolute atomic E-state index is 9.27. The molecule has 1 aromatic rings. The van der Waals surface area contributed by atoms with Crippen molar-refractivity contribution in [1.82, 2.24) is 0 Å². The van der Waals surface area contributed by atoms with Gasteiger partial charge < -0.3 is 15.7 Å². The molecule has 1 aliphatic heterocycles. The van der Waals surface area contributed by atoms with E-state index in [0.29, 0.717) is 5.92 Å². The van der Waals surface area contributed by atoms with Crippen LogP contribution in [0.4, 0.5) is 11.4 Å². The summed E-state index contributed by atoms with van der Waals surface area (Å²) in [5.41, 5.74) is 9.00. The van der Waals surface area contributed by atoms with Gasteiger partial charge in [-0.2, -0.15) is 0 Å². The van der Waals surface area contributed by atoms with E-state index in [9.17, 15) is 5.11 Å². The van der Waals surface area contributed by atoms with Gasteiger partial charge in [0.1, 0.15) is 0 Å². The summed E-state index contributed by atoms with van der Waals surface area (Å²) in [4.78, 5) is 2.33. The molecule has 0 aliphatic carbocycles. The predicted octanol–water partition coefficient (Wildman–Crippen LogP) is 2.55. The van der Waals surface area contributed by atoms with Crippen molar-refractivity contribution in [2.75, 3.05) is 30.3 Å². The number of nitrogen functional groups attached to an aromatic ring is 1. The second kappa shape index (κ2) is 5.27. The van der Waals surface area contributed by atoms with Gasteiger partial charge >= 0.3 is 0 Å². The number of nitrogens with zero attached hydrogens (tertiary/aromatic N) is 1. The maximum atomic E-state index is 9.27. The molecule has 17 heavy (non-hydrogen) atoms. The van der Waals surface area contributed by atoms with Crippen LogP contribution in [0.25, 0.3) is 0 Å². The summed E-state index contributed by atoms with van der Waals surface area (Å²) in [6, 6.07) is 4.09. The maximum Gasteiger partial charge on any atom is 0.0514 e. The second-order valence-electron chi connectivity index (χ2n) is 4.80. The van der Waals surface area contributed by atoms with E-state index >= 15 is 0 Å². The zero-order chi connectivity index (χ0) is 12.4. The Kier molecular flexibility index (Phi) is 3.94. The number of rotatable bonds is 2. The lowest BCUT2D eigenvalue weighted by molar-refractivity contribution is 0.208. The first-order chi connectivity index (χ1) is 8.11. The number of benzene rings is 1. The summed E-state index contributed by atoms with van der Waals surface area (Å²) in [5, 5.41) is 9.27. The quantitative estimate of drug-likeness (QED) is 0.825. The molecule has 1 aromatic carbocycles. The van der Waals surface area contributed by atoms with Crippen molar-refractivity contribution in [3.63, 3.8) is 0 Å². The summed E-state index contributed by atoms with van der Waals surface area (Å²) in [6.45, 7) is 4.29.